The fraction of sp³-hybridized carbons (Fsp3) is 0.0968. The quantitative estimate of drug-likeness (QED) is 0.145. The summed E-state index contributed by atoms with van der Waals surface area (Å²) in [6.07, 6.45) is 3.71. The minimum Gasteiger partial charge on any atom is -0.457 e. The molecule has 0 aliphatic rings. The molecule has 0 unspecified atom stereocenters. The first-order valence-electron chi connectivity index (χ1n) is 11.7. The Morgan fingerprint density at radius 3 is 1.97 bits per heavy atom. The van der Waals surface area contributed by atoms with Crippen molar-refractivity contribution in [2.75, 3.05) is 0 Å². The van der Waals surface area contributed by atoms with Crippen LogP contribution < -0.4 is 5.19 Å². The van der Waals surface area contributed by atoms with Gasteiger partial charge in [0.15, 0.2) is 0 Å². The molecule has 0 bridgehead atoms. The maximum absolute atomic E-state index is 6.04. The van der Waals surface area contributed by atoms with Crippen LogP contribution in [0.25, 0.3) is 44.5 Å². The van der Waals surface area contributed by atoms with Gasteiger partial charge in [-0.1, -0.05) is 49.1 Å². The monoisotopic (exact) mass is 663 g/mol. The molecule has 36 heavy (non-hydrogen) atoms. The van der Waals surface area contributed by atoms with E-state index < -0.39 is 8.07 Å². The van der Waals surface area contributed by atoms with E-state index in [1.807, 2.05) is 79.0 Å². The minimum atomic E-state index is -1.34. The fourth-order valence-electron chi connectivity index (χ4n) is 3.91. The molecule has 6 aromatic rings. The van der Waals surface area contributed by atoms with Crippen LogP contribution in [0.4, 0.5) is 0 Å². The molecule has 5 heteroatoms. The predicted molar refractivity (Wildman–Crippen MR) is 147 cm³/mol. The Kier molecular flexibility index (Phi) is 7.95. The normalized spacial score (nSPS) is 11.0. The van der Waals surface area contributed by atoms with Crippen molar-refractivity contribution in [2.24, 2.45) is 0 Å². The van der Waals surface area contributed by atoms with Gasteiger partial charge in [-0.15, -0.1) is 71.8 Å². The molecule has 0 aliphatic carbocycles. The Labute approximate surface area is 226 Å². The third-order valence-corrected chi connectivity index (χ3v) is 7.90. The third kappa shape index (κ3) is 5.71. The number of fused-ring (bicyclic) bond motifs is 3. The molecule has 3 aromatic heterocycles. The molecule has 3 heterocycles. The number of benzene rings is 3. The van der Waals surface area contributed by atoms with Gasteiger partial charge in [-0.3, -0.25) is 0 Å². The van der Waals surface area contributed by atoms with Gasteiger partial charge in [0.1, 0.15) is 11.2 Å². The van der Waals surface area contributed by atoms with Crippen LogP contribution >= 0.6 is 0 Å². The van der Waals surface area contributed by atoms with Crippen LogP contribution in [0.15, 0.2) is 108 Å². The van der Waals surface area contributed by atoms with Gasteiger partial charge in [0.05, 0.1) is 8.07 Å². The standard InChI is InChI=1S/C20H18NOSi.C11H8N.Ir/c1-23(2,3)15-9-10-19-16(11-15)17-13-21-18(12-20(17)22-19)14-7-5-4-6-8-14;1-2-6-10(7-3-1)11-8-4-5-9-12-11;/h4-7,9-13H,1-3H3;1-6,8-9H;/q2*-1;. The van der Waals surface area contributed by atoms with Crippen LogP contribution in [0.3, 0.4) is 0 Å². The third-order valence-electron chi connectivity index (χ3n) is 5.86. The molecule has 3 aromatic carbocycles. The van der Waals surface area contributed by atoms with Crippen molar-refractivity contribution >= 4 is 35.2 Å². The minimum absolute atomic E-state index is 0. The van der Waals surface area contributed by atoms with Gasteiger partial charge in [-0.05, 0) is 29.6 Å². The van der Waals surface area contributed by atoms with Crippen molar-refractivity contribution in [1.29, 1.82) is 0 Å². The van der Waals surface area contributed by atoms with E-state index in [2.05, 4.69) is 59.9 Å². The first kappa shape index (κ1) is 25.7. The second-order valence-corrected chi connectivity index (χ2v) is 14.5. The summed E-state index contributed by atoms with van der Waals surface area (Å²) in [6.45, 7) is 7.08. The van der Waals surface area contributed by atoms with E-state index in [0.717, 1.165) is 44.5 Å². The molecule has 0 atom stereocenters. The van der Waals surface area contributed by atoms with Crippen molar-refractivity contribution in [1.82, 2.24) is 9.97 Å². The average Bonchev–Trinajstić information content (AvgIpc) is 3.27. The largest absolute Gasteiger partial charge is 0.457 e. The number of hydrogen-bond acceptors (Lipinski definition) is 3. The van der Waals surface area contributed by atoms with Gasteiger partial charge < -0.3 is 14.4 Å². The Morgan fingerprint density at radius 2 is 1.36 bits per heavy atom. The zero-order valence-electron chi connectivity index (χ0n) is 20.5. The summed E-state index contributed by atoms with van der Waals surface area (Å²) in [7, 11) is -1.34. The van der Waals surface area contributed by atoms with E-state index in [1.165, 1.54) is 5.19 Å². The van der Waals surface area contributed by atoms with Gasteiger partial charge in [-0.25, -0.2) is 0 Å². The summed E-state index contributed by atoms with van der Waals surface area (Å²) >= 11 is 0. The summed E-state index contributed by atoms with van der Waals surface area (Å²) in [5.74, 6) is 0. The van der Waals surface area contributed by atoms with Crippen LogP contribution in [0.5, 0.6) is 0 Å². The zero-order chi connectivity index (χ0) is 24.3. The Morgan fingerprint density at radius 1 is 0.667 bits per heavy atom. The summed E-state index contributed by atoms with van der Waals surface area (Å²) < 4.78 is 6.04. The number of pyridine rings is 2. The van der Waals surface area contributed by atoms with Gasteiger partial charge in [0.25, 0.3) is 0 Å². The van der Waals surface area contributed by atoms with Crippen LogP contribution in [0, 0.1) is 12.1 Å². The molecule has 0 N–H and O–H groups in total. The fourth-order valence-corrected chi connectivity index (χ4v) is 5.07. The molecule has 0 spiro atoms. The number of nitrogens with zero attached hydrogens (tertiary/aromatic N) is 2. The maximum Gasteiger partial charge on any atom is 0.135 e. The molecule has 6 rings (SSSR count). The molecule has 0 fully saturated rings. The summed E-state index contributed by atoms with van der Waals surface area (Å²) in [5, 5.41) is 3.68. The number of furan rings is 1. The van der Waals surface area contributed by atoms with Crippen molar-refractivity contribution in [3.8, 4) is 22.5 Å². The predicted octanol–water partition coefficient (Wildman–Crippen LogP) is 7.54. The smallest absolute Gasteiger partial charge is 0.135 e. The summed E-state index contributed by atoms with van der Waals surface area (Å²) in [6, 6.07) is 36.5. The van der Waals surface area contributed by atoms with Crippen LogP contribution in [0.1, 0.15) is 0 Å². The van der Waals surface area contributed by atoms with E-state index in [4.69, 9.17) is 4.42 Å². The summed E-state index contributed by atoms with van der Waals surface area (Å²) in [5.41, 5.74) is 5.70. The van der Waals surface area contributed by atoms with Crippen LogP contribution in [-0.2, 0) is 20.1 Å². The van der Waals surface area contributed by atoms with E-state index in [0.29, 0.717) is 0 Å². The molecule has 0 aliphatic heterocycles. The van der Waals surface area contributed by atoms with Crippen molar-refractivity contribution in [3.05, 3.63) is 116 Å². The number of hydrogen-bond donors (Lipinski definition) is 0. The van der Waals surface area contributed by atoms with Crippen LogP contribution in [0.2, 0.25) is 19.6 Å². The maximum atomic E-state index is 6.04. The molecule has 0 saturated heterocycles. The van der Waals surface area contributed by atoms with E-state index >= 15 is 0 Å². The molecule has 0 saturated carbocycles. The number of rotatable bonds is 3. The van der Waals surface area contributed by atoms with Crippen LogP contribution in [-0.4, -0.2) is 18.0 Å². The number of aromatic nitrogens is 2. The van der Waals surface area contributed by atoms with Gasteiger partial charge in [0, 0.05) is 43.3 Å². The van der Waals surface area contributed by atoms with Gasteiger partial charge in [0.2, 0.25) is 0 Å². The second kappa shape index (κ2) is 11.1. The Balaban J connectivity index is 0.000000198. The SMILES string of the molecule is C[Si](C)(C)c1ccc2oc3cc(-c4[c-]cccc4)ncc3c2c1.[Ir].[c-]1ccccc1-c1ccccn1. The van der Waals surface area contributed by atoms with Crippen molar-refractivity contribution in [3.63, 3.8) is 0 Å². The van der Waals surface area contributed by atoms with Gasteiger partial charge >= 0.3 is 0 Å². The van der Waals surface area contributed by atoms with Crippen molar-refractivity contribution in [2.45, 2.75) is 19.6 Å². The topological polar surface area (TPSA) is 38.9 Å². The molecule has 1 radical (unpaired) electrons. The van der Waals surface area contributed by atoms with Gasteiger partial charge in [-0.2, -0.15) is 0 Å². The first-order chi connectivity index (χ1) is 17.0. The molecular weight excluding hydrogens is 637 g/mol. The Bertz CT molecular complexity index is 1520. The molecular formula is C31H26IrN2OSi-2. The average molecular weight is 663 g/mol. The molecule has 181 valence electrons. The summed E-state index contributed by atoms with van der Waals surface area (Å²) in [4.78, 5) is 8.83. The first-order valence-corrected chi connectivity index (χ1v) is 15.2. The molecule has 0 amide bonds. The molecule has 3 nitrogen and oxygen atoms in total. The Hall–Kier alpha value is -3.37. The van der Waals surface area contributed by atoms with E-state index in [1.54, 1.807) is 6.20 Å². The van der Waals surface area contributed by atoms with E-state index in [-0.39, 0.29) is 20.1 Å². The van der Waals surface area contributed by atoms with Crippen molar-refractivity contribution < 1.29 is 24.5 Å². The zero-order valence-corrected chi connectivity index (χ0v) is 23.8. The van der Waals surface area contributed by atoms with E-state index in [9.17, 15) is 0 Å². The second-order valence-electron chi connectivity index (χ2n) is 9.40.